The highest BCUT2D eigenvalue weighted by Gasteiger charge is 2.22. The molecule has 0 aliphatic rings. The van der Waals surface area contributed by atoms with E-state index < -0.39 is 0 Å². The second-order valence-electron chi connectivity index (χ2n) is 5.61. The number of hydrogen-bond donors (Lipinski definition) is 1. The molecule has 1 amide bonds. The molecule has 1 aromatic carbocycles. The maximum atomic E-state index is 12.1. The normalized spacial score (nSPS) is 13.1. The summed E-state index contributed by atoms with van der Waals surface area (Å²) in [5.41, 5.74) is 7.34. The summed E-state index contributed by atoms with van der Waals surface area (Å²) in [6.45, 7) is 4.89. The molecule has 1 aromatic rings. The Morgan fingerprint density at radius 1 is 1.24 bits per heavy atom. The van der Waals surface area contributed by atoms with Crippen molar-refractivity contribution in [2.24, 2.45) is 11.7 Å². The smallest absolute Gasteiger partial charge is 0.239 e. The van der Waals surface area contributed by atoms with Crippen LogP contribution in [0.25, 0.3) is 0 Å². The third-order valence-corrected chi connectivity index (χ3v) is 3.97. The SMILES string of the molecule is CCC(C)C(N)C(=O)N(C)CCCCc1ccccc1.Cl. The van der Waals surface area contributed by atoms with Gasteiger partial charge in [-0.15, -0.1) is 12.4 Å². The van der Waals surface area contributed by atoms with Gasteiger partial charge >= 0.3 is 0 Å². The van der Waals surface area contributed by atoms with E-state index in [4.69, 9.17) is 5.73 Å². The zero-order chi connectivity index (χ0) is 15.0. The molecule has 2 unspecified atom stereocenters. The molecule has 2 N–H and O–H groups in total. The zero-order valence-corrected chi connectivity index (χ0v) is 14.2. The van der Waals surface area contributed by atoms with Crippen molar-refractivity contribution >= 4 is 18.3 Å². The van der Waals surface area contributed by atoms with E-state index in [-0.39, 0.29) is 30.3 Å². The van der Waals surface area contributed by atoms with Gasteiger partial charge in [-0.05, 0) is 30.7 Å². The number of benzene rings is 1. The van der Waals surface area contributed by atoms with Gasteiger partial charge in [0.05, 0.1) is 6.04 Å². The molecule has 0 heterocycles. The molecule has 0 spiro atoms. The van der Waals surface area contributed by atoms with Gasteiger partial charge in [-0.2, -0.15) is 0 Å². The first kappa shape index (κ1) is 19.9. The van der Waals surface area contributed by atoms with Crippen molar-refractivity contribution in [1.29, 1.82) is 0 Å². The van der Waals surface area contributed by atoms with Crippen molar-refractivity contribution in [2.45, 2.75) is 45.6 Å². The Balaban J connectivity index is 0.00000400. The fourth-order valence-corrected chi connectivity index (χ4v) is 2.18. The molecule has 0 aromatic heterocycles. The van der Waals surface area contributed by atoms with Crippen molar-refractivity contribution in [3.63, 3.8) is 0 Å². The van der Waals surface area contributed by atoms with Crippen LogP contribution in [0.15, 0.2) is 30.3 Å². The molecule has 0 saturated heterocycles. The molecule has 120 valence electrons. The summed E-state index contributed by atoms with van der Waals surface area (Å²) in [6.07, 6.45) is 4.12. The second-order valence-corrected chi connectivity index (χ2v) is 5.61. The molecular formula is C17H29ClN2O. The van der Waals surface area contributed by atoms with Gasteiger partial charge in [-0.1, -0.05) is 50.6 Å². The number of halogens is 1. The molecule has 0 fully saturated rings. The Labute approximate surface area is 135 Å². The molecular weight excluding hydrogens is 284 g/mol. The van der Waals surface area contributed by atoms with Gasteiger partial charge in [0, 0.05) is 13.6 Å². The minimum atomic E-state index is -0.362. The lowest BCUT2D eigenvalue weighted by Crippen LogP contribution is -2.45. The van der Waals surface area contributed by atoms with Gasteiger partial charge in [0.2, 0.25) is 5.91 Å². The molecule has 2 atom stereocenters. The maximum absolute atomic E-state index is 12.1. The molecule has 0 saturated carbocycles. The van der Waals surface area contributed by atoms with Crippen molar-refractivity contribution in [2.75, 3.05) is 13.6 Å². The van der Waals surface area contributed by atoms with E-state index in [9.17, 15) is 4.79 Å². The van der Waals surface area contributed by atoms with E-state index in [0.29, 0.717) is 0 Å². The lowest BCUT2D eigenvalue weighted by Gasteiger charge is -2.24. The molecule has 0 radical (unpaired) electrons. The quantitative estimate of drug-likeness (QED) is 0.749. The van der Waals surface area contributed by atoms with Crippen LogP contribution in [-0.4, -0.2) is 30.4 Å². The highest BCUT2D eigenvalue weighted by atomic mass is 35.5. The molecule has 4 heteroatoms. The lowest BCUT2D eigenvalue weighted by atomic mass is 9.99. The van der Waals surface area contributed by atoms with Gasteiger partial charge in [0.15, 0.2) is 0 Å². The van der Waals surface area contributed by atoms with E-state index in [0.717, 1.165) is 32.2 Å². The fraction of sp³-hybridized carbons (Fsp3) is 0.588. The first-order valence-electron chi connectivity index (χ1n) is 7.60. The van der Waals surface area contributed by atoms with Gasteiger partial charge < -0.3 is 10.6 Å². The minimum absolute atomic E-state index is 0. The molecule has 0 aliphatic heterocycles. The van der Waals surface area contributed by atoms with Crippen LogP contribution >= 0.6 is 12.4 Å². The highest BCUT2D eigenvalue weighted by molar-refractivity contribution is 5.85. The van der Waals surface area contributed by atoms with E-state index in [1.165, 1.54) is 5.56 Å². The number of nitrogens with two attached hydrogens (primary N) is 1. The number of carbonyl (C=O) groups is 1. The van der Waals surface area contributed by atoms with Crippen molar-refractivity contribution in [1.82, 2.24) is 4.90 Å². The summed E-state index contributed by atoms with van der Waals surface area (Å²) >= 11 is 0. The lowest BCUT2D eigenvalue weighted by molar-refractivity contribution is -0.132. The summed E-state index contributed by atoms with van der Waals surface area (Å²) in [4.78, 5) is 13.9. The summed E-state index contributed by atoms with van der Waals surface area (Å²) < 4.78 is 0. The van der Waals surface area contributed by atoms with Crippen LogP contribution in [0.4, 0.5) is 0 Å². The van der Waals surface area contributed by atoms with Gasteiger partial charge in [-0.25, -0.2) is 0 Å². The van der Waals surface area contributed by atoms with Gasteiger partial charge in [0.1, 0.15) is 0 Å². The molecule has 3 nitrogen and oxygen atoms in total. The van der Waals surface area contributed by atoms with Crippen LogP contribution in [0.2, 0.25) is 0 Å². The average Bonchev–Trinajstić information content (AvgIpc) is 2.50. The predicted octanol–water partition coefficient (Wildman–Crippen LogP) is 3.26. The van der Waals surface area contributed by atoms with Gasteiger partial charge in [-0.3, -0.25) is 4.79 Å². The number of likely N-dealkylation sites (N-methyl/N-ethyl adjacent to an activating group) is 1. The number of carbonyl (C=O) groups excluding carboxylic acids is 1. The van der Waals surface area contributed by atoms with E-state index in [2.05, 4.69) is 31.2 Å². The Kier molecular flexibility index (Phi) is 10.1. The Morgan fingerprint density at radius 3 is 2.43 bits per heavy atom. The van der Waals surface area contributed by atoms with Crippen LogP contribution in [0.3, 0.4) is 0 Å². The first-order chi connectivity index (χ1) is 9.56. The number of aryl methyl sites for hydroxylation is 1. The number of unbranched alkanes of at least 4 members (excludes halogenated alkanes) is 1. The fourth-order valence-electron chi connectivity index (χ4n) is 2.18. The predicted molar refractivity (Wildman–Crippen MR) is 91.7 cm³/mol. The minimum Gasteiger partial charge on any atom is -0.344 e. The zero-order valence-electron chi connectivity index (χ0n) is 13.4. The van der Waals surface area contributed by atoms with Crippen LogP contribution in [0.5, 0.6) is 0 Å². The monoisotopic (exact) mass is 312 g/mol. The van der Waals surface area contributed by atoms with Crippen molar-refractivity contribution in [3.8, 4) is 0 Å². The molecule has 1 rings (SSSR count). The van der Waals surface area contributed by atoms with Crippen molar-refractivity contribution in [3.05, 3.63) is 35.9 Å². The standard InChI is InChI=1S/C17H28N2O.ClH/c1-4-14(2)16(18)17(20)19(3)13-9-8-12-15-10-6-5-7-11-15;/h5-7,10-11,14,16H,4,8-9,12-13,18H2,1-3H3;1H. The number of hydrogen-bond acceptors (Lipinski definition) is 2. The largest absolute Gasteiger partial charge is 0.344 e. The summed E-state index contributed by atoms with van der Waals surface area (Å²) in [6, 6.07) is 10.1. The number of amides is 1. The van der Waals surface area contributed by atoms with E-state index in [1.807, 2.05) is 20.0 Å². The van der Waals surface area contributed by atoms with Crippen LogP contribution in [-0.2, 0) is 11.2 Å². The van der Waals surface area contributed by atoms with Crippen LogP contribution < -0.4 is 5.73 Å². The Morgan fingerprint density at radius 2 is 1.86 bits per heavy atom. The van der Waals surface area contributed by atoms with E-state index in [1.54, 1.807) is 4.90 Å². The molecule has 0 bridgehead atoms. The molecule has 0 aliphatic carbocycles. The van der Waals surface area contributed by atoms with E-state index >= 15 is 0 Å². The number of nitrogens with zero attached hydrogens (tertiary/aromatic N) is 1. The van der Waals surface area contributed by atoms with Crippen molar-refractivity contribution < 1.29 is 4.79 Å². The summed E-state index contributed by atoms with van der Waals surface area (Å²) in [5.74, 6) is 0.313. The Hall–Kier alpha value is -1.06. The third kappa shape index (κ3) is 6.96. The molecule has 21 heavy (non-hydrogen) atoms. The number of rotatable bonds is 8. The maximum Gasteiger partial charge on any atom is 0.239 e. The second kappa shape index (κ2) is 10.6. The third-order valence-electron chi connectivity index (χ3n) is 3.97. The summed E-state index contributed by atoms with van der Waals surface area (Å²) in [7, 11) is 1.85. The average molecular weight is 313 g/mol. The summed E-state index contributed by atoms with van der Waals surface area (Å²) in [5, 5.41) is 0. The van der Waals surface area contributed by atoms with Crippen LogP contribution in [0.1, 0.15) is 38.7 Å². The topological polar surface area (TPSA) is 46.3 Å². The first-order valence-corrected chi connectivity index (χ1v) is 7.60. The highest BCUT2D eigenvalue weighted by Crippen LogP contribution is 2.09. The Bertz CT molecular complexity index is 397. The van der Waals surface area contributed by atoms with Crippen LogP contribution in [0, 0.1) is 5.92 Å². The van der Waals surface area contributed by atoms with Gasteiger partial charge in [0.25, 0.3) is 0 Å².